The van der Waals surface area contributed by atoms with Crippen molar-refractivity contribution in [2.75, 3.05) is 13.2 Å². The van der Waals surface area contributed by atoms with E-state index in [4.69, 9.17) is 9.47 Å². The normalized spacial score (nSPS) is 10.9. The number of rotatable bonds is 6. The van der Waals surface area contributed by atoms with Crippen LogP contribution in [-0.2, 0) is 9.47 Å². The molecule has 1 aromatic rings. The Morgan fingerprint density at radius 2 is 1.72 bits per heavy atom. The fourth-order valence-electron chi connectivity index (χ4n) is 1.43. The Morgan fingerprint density at radius 3 is 2.17 bits per heavy atom. The Labute approximate surface area is 102 Å². The molecule has 0 bridgehead atoms. The first-order valence-electron chi connectivity index (χ1n) is 5.37. The van der Waals surface area contributed by atoms with E-state index in [1.165, 1.54) is 0 Å². The van der Waals surface area contributed by atoms with E-state index >= 15 is 0 Å². The van der Waals surface area contributed by atoms with Crippen LogP contribution in [0.4, 0.5) is 14.5 Å². The summed E-state index contributed by atoms with van der Waals surface area (Å²) in [5.74, 6) is -2.46. The molecule has 0 fully saturated rings. The second-order valence-electron chi connectivity index (χ2n) is 3.32. The lowest BCUT2D eigenvalue weighted by molar-refractivity contribution is -0.387. The van der Waals surface area contributed by atoms with Crippen molar-refractivity contribution in [1.82, 2.24) is 0 Å². The van der Waals surface area contributed by atoms with Gasteiger partial charge in [0.25, 0.3) is 5.69 Å². The molecule has 0 aliphatic heterocycles. The van der Waals surface area contributed by atoms with Crippen molar-refractivity contribution in [3.63, 3.8) is 0 Å². The maximum atomic E-state index is 13.2. The highest BCUT2D eigenvalue weighted by Gasteiger charge is 2.26. The molecule has 1 aromatic carbocycles. The van der Waals surface area contributed by atoms with Crippen LogP contribution >= 0.6 is 0 Å². The molecule has 0 N–H and O–H groups in total. The van der Waals surface area contributed by atoms with Crippen LogP contribution in [0.25, 0.3) is 0 Å². The van der Waals surface area contributed by atoms with Gasteiger partial charge >= 0.3 is 0 Å². The molecule has 1 rings (SSSR count). The summed E-state index contributed by atoms with van der Waals surface area (Å²) in [6.45, 7) is 3.77. The maximum Gasteiger partial charge on any atom is 0.280 e. The van der Waals surface area contributed by atoms with E-state index in [-0.39, 0.29) is 18.8 Å². The van der Waals surface area contributed by atoms with Crippen molar-refractivity contribution >= 4 is 5.69 Å². The fraction of sp³-hybridized carbons (Fsp3) is 0.455. The topological polar surface area (TPSA) is 61.6 Å². The largest absolute Gasteiger partial charge is 0.348 e. The zero-order valence-corrected chi connectivity index (χ0v) is 9.98. The van der Waals surface area contributed by atoms with Crippen LogP contribution < -0.4 is 0 Å². The van der Waals surface area contributed by atoms with Gasteiger partial charge in [-0.2, -0.15) is 0 Å². The molecule has 5 nitrogen and oxygen atoms in total. The molecule has 0 radical (unpaired) electrons. The number of hydrogen-bond donors (Lipinski definition) is 0. The first-order chi connectivity index (χ1) is 8.51. The van der Waals surface area contributed by atoms with E-state index in [1.807, 2.05) is 0 Å². The number of benzene rings is 1. The van der Waals surface area contributed by atoms with Crippen LogP contribution in [0.2, 0.25) is 0 Å². The van der Waals surface area contributed by atoms with Gasteiger partial charge in [-0.15, -0.1) is 0 Å². The van der Waals surface area contributed by atoms with Gasteiger partial charge in [-0.1, -0.05) is 0 Å². The summed E-state index contributed by atoms with van der Waals surface area (Å²) < 4.78 is 36.4. The van der Waals surface area contributed by atoms with Crippen LogP contribution in [0.5, 0.6) is 0 Å². The summed E-state index contributed by atoms with van der Waals surface area (Å²) in [5, 5.41) is 10.8. The van der Waals surface area contributed by atoms with Crippen LogP contribution in [0.1, 0.15) is 25.7 Å². The number of nitrogens with zero attached hydrogens (tertiary/aromatic N) is 1. The third kappa shape index (κ3) is 3.21. The SMILES string of the molecule is CCOC(OCC)c1cc(F)c(F)cc1[N+](=O)[O-]. The molecule has 18 heavy (non-hydrogen) atoms. The molecule has 0 saturated heterocycles. The van der Waals surface area contributed by atoms with Gasteiger partial charge in [0.2, 0.25) is 0 Å². The number of halogens is 2. The Morgan fingerprint density at radius 1 is 1.22 bits per heavy atom. The highest BCUT2D eigenvalue weighted by Crippen LogP contribution is 2.30. The van der Waals surface area contributed by atoms with Crippen LogP contribution in [0.15, 0.2) is 12.1 Å². The average Bonchev–Trinajstić information content (AvgIpc) is 2.31. The molecule has 0 atom stereocenters. The quantitative estimate of drug-likeness (QED) is 0.448. The molecular formula is C11H13F2NO4. The highest BCUT2D eigenvalue weighted by atomic mass is 19.2. The Hall–Kier alpha value is -1.60. The Kier molecular flexibility index (Phi) is 5.11. The van der Waals surface area contributed by atoms with Gasteiger partial charge in [0, 0.05) is 13.2 Å². The lowest BCUT2D eigenvalue weighted by Gasteiger charge is -2.17. The van der Waals surface area contributed by atoms with Gasteiger partial charge in [0.15, 0.2) is 17.9 Å². The lowest BCUT2D eigenvalue weighted by Crippen LogP contribution is -2.12. The Bertz CT molecular complexity index is 433. The summed E-state index contributed by atoms with van der Waals surface area (Å²) in [4.78, 5) is 10.0. The molecule has 0 aromatic heterocycles. The predicted molar refractivity (Wildman–Crippen MR) is 59.0 cm³/mol. The summed E-state index contributed by atoms with van der Waals surface area (Å²) in [7, 11) is 0. The Balaban J connectivity index is 3.25. The number of nitro groups is 1. The minimum Gasteiger partial charge on any atom is -0.348 e. The van der Waals surface area contributed by atoms with E-state index in [2.05, 4.69) is 0 Å². The van der Waals surface area contributed by atoms with E-state index in [0.29, 0.717) is 6.07 Å². The monoisotopic (exact) mass is 261 g/mol. The molecule has 100 valence electrons. The third-order valence-corrected chi connectivity index (χ3v) is 2.16. The minimum absolute atomic E-state index is 0.136. The molecule has 0 spiro atoms. The first kappa shape index (κ1) is 14.5. The van der Waals surface area contributed by atoms with Crippen LogP contribution in [-0.4, -0.2) is 18.1 Å². The summed E-state index contributed by atoms with van der Waals surface area (Å²) in [6.07, 6.45) is -1.09. The third-order valence-electron chi connectivity index (χ3n) is 2.16. The van der Waals surface area contributed by atoms with E-state index < -0.39 is 28.5 Å². The standard InChI is InChI=1S/C11H13F2NO4/c1-3-17-11(18-4-2)7-5-8(12)9(13)6-10(7)14(15)16/h5-6,11H,3-4H2,1-2H3. The average molecular weight is 261 g/mol. The minimum atomic E-state index is -1.28. The molecule has 0 aliphatic rings. The predicted octanol–water partition coefficient (Wildman–Crippen LogP) is 2.94. The molecule has 0 unspecified atom stereocenters. The van der Waals surface area contributed by atoms with Crippen LogP contribution in [0, 0.1) is 21.7 Å². The van der Waals surface area contributed by atoms with Gasteiger partial charge < -0.3 is 9.47 Å². The van der Waals surface area contributed by atoms with E-state index in [1.54, 1.807) is 13.8 Å². The lowest BCUT2D eigenvalue weighted by atomic mass is 10.1. The number of nitro benzene ring substituents is 1. The molecule has 0 amide bonds. The van der Waals surface area contributed by atoms with Crippen molar-refractivity contribution in [3.8, 4) is 0 Å². The molecule has 0 heterocycles. The van der Waals surface area contributed by atoms with Crippen LogP contribution in [0.3, 0.4) is 0 Å². The second kappa shape index (κ2) is 6.36. The van der Waals surface area contributed by atoms with Crippen molar-refractivity contribution in [1.29, 1.82) is 0 Å². The first-order valence-corrected chi connectivity index (χ1v) is 5.37. The number of ether oxygens (including phenoxy) is 2. The van der Waals surface area contributed by atoms with E-state index in [9.17, 15) is 18.9 Å². The summed E-state index contributed by atoms with van der Waals surface area (Å²) >= 11 is 0. The van der Waals surface area contributed by atoms with Crippen molar-refractivity contribution in [2.45, 2.75) is 20.1 Å². The smallest absolute Gasteiger partial charge is 0.280 e. The molecule has 0 saturated carbocycles. The van der Waals surface area contributed by atoms with E-state index in [0.717, 1.165) is 6.07 Å². The second-order valence-corrected chi connectivity index (χ2v) is 3.32. The van der Waals surface area contributed by atoms with Gasteiger partial charge in [-0.3, -0.25) is 10.1 Å². The summed E-state index contributed by atoms with van der Waals surface area (Å²) in [6, 6.07) is 1.25. The molecular weight excluding hydrogens is 248 g/mol. The molecule has 7 heteroatoms. The van der Waals surface area contributed by atoms with Crippen molar-refractivity contribution < 1.29 is 23.2 Å². The zero-order valence-electron chi connectivity index (χ0n) is 9.98. The van der Waals surface area contributed by atoms with Gasteiger partial charge in [-0.05, 0) is 19.9 Å². The van der Waals surface area contributed by atoms with Gasteiger partial charge in [0.05, 0.1) is 16.6 Å². The maximum absolute atomic E-state index is 13.2. The zero-order chi connectivity index (χ0) is 13.7. The van der Waals surface area contributed by atoms with Gasteiger partial charge in [-0.25, -0.2) is 8.78 Å². The number of hydrogen-bond acceptors (Lipinski definition) is 4. The molecule has 0 aliphatic carbocycles. The summed E-state index contributed by atoms with van der Waals surface area (Å²) in [5.41, 5.74) is -0.705. The van der Waals surface area contributed by atoms with Crippen molar-refractivity contribution in [3.05, 3.63) is 39.4 Å². The van der Waals surface area contributed by atoms with Crippen molar-refractivity contribution in [2.24, 2.45) is 0 Å². The van der Waals surface area contributed by atoms with Gasteiger partial charge in [0.1, 0.15) is 0 Å². The highest BCUT2D eigenvalue weighted by molar-refractivity contribution is 5.42. The fourth-order valence-corrected chi connectivity index (χ4v) is 1.43.